The molecule has 4 aromatic rings. The molecule has 9 heteroatoms. The van der Waals surface area contributed by atoms with E-state index in [0.29, 0.717) is 18.1 Å². The van der Waals surface area contributed by atoms with Gasteiger partial charge in [-0.3, -0.25) is 4.98 Å². The van der Waals surface area contributed by atoms with Gasteiger partial charge in [0.05, 0.1) is 21.7 Å². The molecule has 5 nitrogen and oxygen atoms in total. The van der Waals surface area contributed by atoms with Gasteiger partial charge in [0.25, 0.3) is 0 Å². The van der Waals surface area contributed by atoms with E-state index in [0.717, 1.165) is 39.2 Å². The highest BCUT2D eigenvalue weighted by atomic mass is 32.1. The number of halogens is 3. The number of anilines is 1. The van der Waals surface area contributed by atoms with Gasteiger partial charge in [0, 0.05) is 36.6 Å². The highest BCUT2D eigenvalue weighted by Gasteiger charge is 2.29. The first-order valence-electron chi connectivity index (χ1n) is 9.21. The Kier molecular flexibility index (Phi) is 5.65. The minimum Gasteiger partial charge on any atom is -0.360 e. The van der Waals surface area contributed by atoms with Gasteiger partial charge in [-0.2, -0.15) is 13.2 Å². The van der Waals surface area contributed by atoms with Crippen LogP contribution in [-0.4, -0.2) is 27.5 Å². The number of aromatic nitrogens is 3. The smallest absolute Gasteiger partial charge is 0.360 e. The van der Waals surface area contributed by atoms with Crippen molar-refractivity contribution in [3.63, 3.8) is 0 Å². The zero-order valence-corrected chi connectivity index (χ0v) is 16.5. The summed E-state index contributed by atoms with van der Waals surface area (Å²) in [5, 5.41) is 4.88. The lowest BCUT2D eigenvalue weighted by molar-refractivity contribution is -0.137. The van der Waals surface area contributed by atoms with Gasteiger partial charge in [0.1, 0.15) is 0 Å². The molecule has 0 aliphatic rings. The molecule has 0 amide bonds. The van der Waals surface area contributed by atoms with E-state index in [2.05, 4.69) is 20.3 Å². The molecule has 0 saturated carbocycles. The van der Waals surface area contributed by atoms with Gasteiger partial charge in [-0.1, -0.05) is 23.5 Å². The fourth-order valence-electron chi connectivity index (χ4n) is 3.00. The molecule has 4 rings (SSSR count). The van der Waals surface area contributed by atoms with Gasteiger partial charge >= 0.3 is 6.18 Å². The van der Waals surface area contributed by atoms with E-state index < -0.39 is 11.7 Å². The molecular weight excluding hydrogens is 411 g/mol. The van der Waals surface area contributed by atoms with Crippen LogP contribution in [0.15, 0.2) is 61.1 Å². The molecule has 0 spiro atoms. The Morgan fingerprint density at radius 1 is 1.03 bits per heavy atom. The van der Waals surface area contributed by atoms with Crippen molar-refractivity contribution in [2.24, 2.45) is 5.73 Å². The summed E-state index contributed by atoms with van der Waals surface area (Å²) >= 11 is 1.47. The predicted octanol–water partition coefficient (Wildman–Crippen LogP) is 4.75. The molecular formula is C21H18F3N5S. The summed E-state index contributed by atoms with van der Waals surface area (Å²) in [4.78, 5) is 14.0. The zero-order valence-electron chi connectivity index (χ0n) is 15.7. The number of rotatable bonds is 6. The van der Waals surface area contributed by atoms with E-state index in [4.69, 9.17) is 5.73 Å². The summed E-state index contributed by atoms with van der Waals surface area (Å²) in [6, 6.07) is 10.6. The Bertz CT molecular complexity index is 1140. The summed E-state index contributed by atoms with van der Waals surface area (Å²) in [6.45, 7) is 0.449. The average molecular weight is 429 g/mol. The van der Waals surface area contributed by atoms with Gasteiger partial charge in [0.15, 0.2) is 5.13 Å². The predicted molar refractivity (Wildman–Crippen MR) is 112 cm³/mol. The minimum atomic E-state index is -4.33. The molecule has 30 heavy (non-hydrogen) atoms. The standard InChI is InChI=1S/C21H18F3N5S/c22-21(23,24)15-4-1-13(2-5-15)9-16(25)11-27-20-28-12-19(30-20)18-6-3-14-10-26-8-7-17(14)29-18/h1-8,10,12,16H,9,11,25H2,(H,27,28)/t16-/m1/s1. The normalized spacial score (nSPS) is 12.8. The van der Waals surface area contributed by atoms with E-state index in [-0.39, 0.29) is 6.04 Å². The van der Waals surface area contributed by atoms with Crippen molar-refractivity contribution in [2.45, 2.75) is 18.6 Å². The van der Waals surface area contributed by atoms with Crippen LogP contribution in [0, 0.1) is 0 Å². The summed E-state index contributed by atoms with van der Waals surface area (Å²) in [5.74, 6) is 0. The Balaban J connectivity index is 1.35. The molecule has 1 aromatic carbocycles. The Hall–Kier alpha value is -3.04. The second-order valence-electron chi connectivity index (χ2n) is 6.83. The molecule has 3 aromatic heterocycles. The number of benzene rings is 1. The number of thiazole rings is 1. The lowest BCUT2D eigenvalue weighted by Gasteiger charge is -2.13. The second kappa shape index (κ2) is 8.37. The van der Waals surface area contributed by atoms with Crippen molar-refractivity contribution >= 4 is 27.4 Å². The molecule has 0 aliphatic carbocycles. The van der Waals surface area contributed by atoms with Gasteiger partial charge in [-0.05, 0) is 42.3 Å². The van der Waals surface area contributed by atoms with Crippen LogP contribution in [0.5, 0.6) is 0 Å². The average Bonchev–Trinajstić information content (AvgIpc) is 3.21. The number of nitrogens with two attached hydrogens (primary N) is 1. The van der Waals surface area contributed by atoms with Crippen molar-refractivity contribution in [2.75, 3.05) is 11.9 Å². The van der Waals surface area contributed by atoms with Gasteiger partial charge in [-0.15, -0.1) is 0 Å². The number of nitrogens with zero attached hydrogens (tertiary/aromatic N) is 3. The molecule has 154 valence electrons. The quantitative estimate of drug-likeness (QED) is 0.462. The summed E-state index contributed by atoms with van der Waals surface area (Å²) in [5.41, 5.74) is 7.92. The van der Waals surface area contributed by atoms with Crippen LogP contribution in [0.2, 0.25) is 0 Å². The molecule has 0 aliphatic heterocycles. The van der Waals surface area contributed by atoms with Crippen molar-refractivity contribution < 1.29 is 13.2 Å². The molecule has 0 saturated heterocycles. The van der Waals surface area contributed by atoms with Crippen molar-refractivity contribution in [1.82, 2.24) is 15.0 Å². The molecule has 3 heterocycles. The number of hydrogen-bond acceptors (Lipinski definition) is 6. The zero-order chi connectivity index (χ0) is 21.1. The van der Waals surface area contributed by atoms with E-state index >= 15 is 0 Å². The summed E-state index contributed by atoms with van der Waals surface area (Å²) in [7, 11) is 0. The van der Waals surface area contributed by atoms with E-state index in [9.17, 15) is 13.2 Å². The van der Waals surface area contributed by atoms with Crippen LogP contribution in [-0.2, 0) is 12.6 Å². The second-order valence-corrected chi connectivity index (χ2v) is 7.86. The summed E-state index contributed by atoms with van der Waals surface area (Å²) in [6.07, 6.45) is 1.36. The molecule has 1 atom stereocenters. The molecule has 3 N–H and O–H groups in total. The minimum absolute atomic E-state index is 0.264. The topological polar surface area (TPSA) is 76.7 Å². The van der Waals surface area contributed by atoms with Crippen LogP contribution >= 0.6 is 11.3 Å². The van der Waals surface area contributed by atoms with Crippen LogP contribution in [0.25, 0.3) is 21.5 Å². The Morgan fingerprint density at radius 2 is 1.83 bits per heavy atom. The van der Waals surface area contributed by atoms with Crippen LogP contribution in [0.1, 0.15) is 11.1 Å². The first-order chi connectivity index (χ1) is 14.4. The lowest BCUT2D eigenvalue weighted by Crippen LogP contribution is -2.31. The third kappa shape index (κ3) is 4.74. The maximum absolute atomic E-state index is 12.6. The van der Waals surface area contributed by atoms with Crippen LogP contribution in [0.4, 0.5) is 18.3 Å². The fraction of sp³-hybridized carbons (Fsp3) is 0.190. The monoisotopic (exact) mass is 429 g/mol. The fourth-order valence-corrected chi connectivity index (χ4v) is 3.79. The van der Waals surface area contributed by atoms with Crippen molar-refractivity contribution in [3.8, 4) is 10.6 Å². The van der Waals surface area contributed by atoms with Crippen LogP contribution in [0.3, 0.4) is 0 Å². The van der Waals surface area contributed by atoms with Gasteiger partial charge in [-0.25, -0.2) is 9.97 Å². The van der Waals surface area contributed by atoms with Crippen LogP contribution < -0.4 is 11.1 Å². The van der Waals surface area contributed by atoms with Crippen molar-refractivity contribution in [3.05, 3.63) is 72.2 Å². The highest BCUT2D eigenvalue weighted by Crippen LogP contribution is 2.30. The molecule has 0 unspecified atom stereocenters. The first-order valence-corrected chi connectivity index (χ1v) is 10.0. The Labute approximate surface area is 174 Å². The molecule has 0 bridgehead atoms. The number of pyridine rings is 2. The molecule has 0 radical (unpaired) electrons. The SMILES string of the molecule is N[C@@H](CNc1ncc(-c2ccc3cnccc3n2)s1)Cc1ccc(C(F)(F)F)cc1. The molecule has 0 fully saturated rings. The van der Waals surface area contributed by atoms with E-state index in [1.54, 1.807) is 18.6 Å². The lowest BCUT2D eigenvalue weighted by atomic mass is 10.0. The third-order valence-corrected chi connectivity index (χ3v) is 5.52. The number of fused-ring (bicyclic) bond motifs is 1. The van der Waals surface area contributed by atoms with E-state index in [1.165, 1.54) is 23.5 Å². The Morgan fingerprint density at radius 3 is 2.60 bits per heavy atom. The van der Waals surface area contributed by atoms with Crippen molar-refractivity contribution in [1.29, 1.82) is 0 Å². The largest absolute Gasteiger partial charge is 0.416 e. The van der Waals surface area contributed by atoms with Gasteiger partial charge in [0.2, 0.25) is 0 Å². The maximum atomic E-state index is 12.6. The number of nitrogens with one attached hydrogen (secondary N) is 1. The number of hydrogen-bond donors (Lipinski definition) is 2. The summed E-state index contributed by atoms with van der Waals surface area (Å²) < 4.78 is 37.9. The third-order valence-electron chi connectivity index (χ3n) is 4.54. The van der Waals surface area contributed by atoms with E-state index in [1.807, 2.05) is 18.2 Å². The van der Waals surface area contributed by atoms with Gasteiger partial charge < -0.3 is 11.1 Å². The first kappa shape index (κ1) is 20.2. The number of alkyl halides is 3. The highest BCUT2D eigenvalue weighted by molar-refractivity contribution is 7.18. The maximum Gasteiger partial charge on any atom is 0.416 e.